The van der Waals surface area contributed by atoms with Gasteiger partial charge in [0.15, 0.2) is 5.13 Å². The number of hydrogen-bond acceptors (Lipinski definition) is 6. The van der Waals surface area contributed by atoms with Crippen molar-refractivity contribution in [3.05, 3.63) is 11.1 Å². The van der Waals surface area contributed by atoms with Crippen LogP contribution in [0.15, 0.2) is 5.38 Å². The normalized spacial score (nSPS) is 11.5. The SMILES string of the molecule is CS(=O)(=O)CCC(=O)Cc1csc(N)n1. The average Bonchev–Trinajstić information content (AvgIpc) is 2.47. The lowest BCUT2D eigenvalue weighted by molar-refractivity contribution is -0.118. The fourth-order valence-corrected chi connectivity index (χ4v) is 2.15. The monoisotopic (exact) mass is 248 g/mol. The smallest absolute Gasteiger partial charge is 0.180 e. The largest absolute Gasteiger partial charge is 0.375 e. The van der Waals surface area contributed by atoms with Crippen molar-refractivity contribution in [3.8, 4) is 0 Å². The second kappa shape index (κ2) is 4.71. The molecule has 84 valence electrons. The zero-order chi connectivity index (χ0) is 11.5. The summed E-state index contributed by atoms with van der Waals surface area (Å²) in [5, 5.41) is 2.12. The zero-order valence-corrected chi connectivity index (χ0v) is 9.90. The van der Waals surface area contributed by atoms with Crippen molar-refractivity contribution >= 4 is 32.1 Å². The molecule has 1 aromatic heterocycles. The first-order valence-electron chi connectivity index (χ1n) is 4.26. The number of Topliss-reactive ketones (excluding diaryl/α,β-unsaturated/α-hetero) is 1. The summed E-state index contributed by atoms with van der Waals surface area (Å²) in [6.07, 6.45) is 1.31. The number of hydrogen-bond donors (Lipinski definition) is 1. The van der Waals surface area contributed by atoms with Gasteiger partial charge in [0, 0.05) is 24.5 Å². The summed E-state index contributed by atoms with van der Waals surface area (Å²) in [5.74, 6) is -0.239. The van der Waals surface area contributed by atoms with E-state index in [0.717, 1.165) is 6.26 Å². The highest BCUT2D eigenvalue weighted by Gasteiger charge is 2.10. The van der Waals surface area contributed by atoms with Gasteiger partial charge in [0.1, 0.15) is 15.6 Å². The van der Waals surface area contributed by atoms with Gasteiger partial charge in [-0.1, -0.05) is 0 Å². The number of aromatic nitrogens is 1. The minimum absolute atomic E-state index is 0.0380. The van der Waals surface area contributed by atoms with Crippen LogP contribution in [-0.4, -0.2) is 31.2 Å². The Kier molecular flexibility index (Phi) is 3.81. The molecule has 1 aromatic rings. The lowest BCUT2D eigenvalue weighted by atomic mass is 10.2. The van der Waals surface area contributed by atoms with Gasteiger partial charge in [-0.15, -0.1) is 11.3 Å². The summed E-state index contributed by atoms with van der Waals surface area (Å²) in [5.41, 5.74) is 6.01. The molecule has 0 atom stereocenters. The van der Waals surface area contributed by atoms with E-state index in [0.29, 0.717) is 10.8 Å². The maximum absolute atomic E-state index is 11.3. The molecule has 0 aliphatic heterocycles. The number of thiazole rings is 1. The van der Waals surface area contributed by atoms with Gasteiger partial charge in [0.25, 0.3) is 0 Å². The summed E-state index contributed by atoms with van der Waals surface area (Å²) >= 11 is 1.27. The van der Waals surface area contributed by atoms with Crippen molar-refractivity contribution in [2.45, 2.75) is 12.8 Å². The van der Waals surface area contributed by atoms with Crippen molar-refractivity contribution in [3.63, 3.8) is 0 Å². The summed E-state index contributed by atoms with van der Waals surface area (Å²) in [4.78, 5) is 15.2. The second-order valence-electron chi connectivity index (χ2n) is 3.27. The molecule has 15 heavy (non-hydrogen) atoms. The van der Waals surface area contributed by atoms with Crippen LogP contribution >= 0.6 is 11.3 Å². The van der Waals surface area contributed by atoms with Gasteiger partial charge in [-0.05, 0) is 0 Å². The first-order valence-corrected chi connectivity index (χ1v) is 7.20. The van der Waals surface area contributed by atoms with Crippen LogP contribution in [0.2, 0.25) is 0 Å². The molecule has 5 nitrogen and oxygen atoms in total. The Morgan fingerprint density at radius 1 is 1.60 bits per heavy atom. The second-order valence-corrected chi connectivity index (χ2v) is 6.42. The fourth-order valence-electron chi connectivity index (χ4n) is 0.993. The molecule has 1 heterocycles. The molecule has 1 rings (SSSR count). The van der Waals surface area contributed by atoms with E-state index >= 15 is 0 Å². The van der Waals surface area contributed by atoms with Crippen molar-refractivity contribution in [2.75, 3.05) is 17.7 Å². The average molecular weight is 248 g/mol. The molecule has 0 spiro atoms. The summed E-state index contributed by atoms with van der Waals surface area (Å²) in [6.45, 7) is 0. The quantitative estimate of drug-likeness (QED) is 0.807. The topological polar surface area (TPSA) is 90.1 Å². The lowest BCUT2D eigenvalue weighted by Gasteiger charge is -1.97. The molecule has 0 unspecified atom stereocenters. The Bertz CT molecular complexity index is 450. The molecular weight excluding hydrogens is 236 g/mol. The first kappa shape index (κ1) is 12.1. The molecule has 0 aliphatic carbocycles. The van der Waals surface area contributed by atoms with Gasteiger partial charge >= 0.3 is 0 Å². The van der Waals surface area contributed by atoms with E-state index in [2.05, 4.69) is 4.98 Å². The number of nitrogen functional groups attached to an aromatic ring is 1. The molecule has 2 N–H and O–H groups in total. The molecule has 0 radical (unpaired) electrons. The predicted molar refractivity (Wildman–Crippen MR) is 59.6 cm³/mol. The standard InChI is InChI=1S/C8H12N2O3S2/c1-15(12,13)3-2-7(11)4-6-5-14-8(9)10-6/h5H,2-4H2,1H3,(H2,9,10). The number of rotatable bonds is 5. The van der Waals surface area contributed by atoms with Crippen LogP contribution in [0, 0.1) is 0 Å². The lowest BCUT2D eigenvalue weighted by Crippen LogP contribution is -2.11. The third-order valence-electron chi connectivity index (χ3n) is 1.70. The number of nitrogens with two attached hydrogens (primary N) is 1. The maximum atomic E-state index is 11.3. The summed E-state index contributed by atoms with van der Waals surface area (Å²) in [7, 11) is -3.07. The van der Waals surface area contributed by atoms with Gasteiger partial charge in [-0.25, -0.2) is 13.4 Å². The number of sulfone groups is 1. The Morgan fingerprint density at radius 3 is 2.73 bits per heavy atom. The van der Waals surface area contributed by atoms with Crippen LogP contribution < -0.4 is 5.73 Å². The highest BCUT2D eigenvalue weighted by Crippen LogP contribution is 2.12. The van der Waals surface area contributed by atoms with Gasteiger partial charge < -0.3 is 5.73 Å². The van der Waals surface area contributed by atoms with Gasteiger partial charge in [-0.2, -0.15) is 0 Å². The van der Waals surface area contributed by atoms with E-state index in [-0.39, 0.29) is 24.4 Å². The Labute approximate surface area is 92.2 Å². The number of anilines is 1. The highest BCUT2D eigenvalue weighted by atomic mass is 32.2. The van der Waals surface area contributed by atoms with E-state index in [1.54, 1.807) is 5.38 Å². The molecule has 0 bridgehead atoms. The number of ketones is 1. The minimum atomic E-state index is -3.07. The predicted octanol–water partition coefficient (Wildman–Crippen LogP) is 0.272. The maximum Gasteiger partial charge on any atom is 0.180 e. The Hall–Kier alpha value is -0.950. The van der Waals surface area contributed by atoms with E-state index in [1.807, 2.05) is 0 Å². The molecule has 0 fully saturated rings. The molecule has 7 heteroatoms. The molecule has 0 aliphatic rings. The molecular formula is C8H12N2O3S2. The third kappa shape index (κ3) is 4.89. The van der Waals surface area contributed by atoms with E-state index in [1.165, 1.54) is 11.3 Å². The number of carbonyl (C=O) groups excluding carboxylic acids is 1. The highest BCUT2D eigenvalue weighted by molar-refractivity contribution is 7.90. The van der Waals surface area contributed by atoms with Gasteiger partial charge in [0.2, 0.25) is 0 Å². The zero-order valence-electron chi connectivity index (χ0n) is 8.26. The van der Waals surface area contributed by atoms with Gasteiger partial charge in [0.05, 0.1) is 11.4 Å². The molecule has 0 amide bonds. The molecule has 0 saturated heterocycles. The van der Waals surface area contributed by atoms with Crippen LogP contribution in [0.25, 0.3) is 0 Å². The van der Waals surface area contributed by atoms with E-state index < -0.39 is 9.84 Å². The van der Waals surface area contributed by atoms with Crippen molar-refractivity contribution in [2.24, 2.45) is 0 Å². The summed E-state index contributed by atoms with van der Waals surface area (Å²) < 4.78 is 21.6. The Morgan fingerprint density at radius 2 is 2.27 bits per heavy atom. The summed E-state index contributed by atoms with van der Waals surface area (Å²) in [6, 6.07) is 0. The van der Waals surface area contributed by atoms with Crippen LogP contribution in [0.4, 0.5) is 5.13 Å². The molecule has 0 aromatic carbocycles. The van der Waals surface area contributed by atoms with E-state index in [4.69, 9.17) is 5.73 Å². The van der Waals surface area contributed by atoms with Crippen LogP contribution in [0.5, 0.6) is 0 Å². The minimum Gasteiger partial charge on any atom is -0.375 e. The fraction of sp³-hybridized carbons (Fsp3) is 0.500. The third-order valence-corrected chi connectivity index (χ3v) is 3.37. The van der Waals surface area contributed by atoms with E-state index in [9.17, 15) is 13.2 Å². The number of carbonyl (C=O) groups is 1. The van der Waals surface area contributed by atoms with Crippen LogP contribution in [0.1, 0.15) is 12.1 Å². The van der Waals surface area contributed by atoms with Crippen LogP contribution in [-0.2, 0) is 21.1 Å². The van der Waals surface area contributed by atoms with Crippen LogP contribution in [0.3, 0.4) is 0 Å². The van der Waals surface area contributed by atoms with Gasteiger partial charge in [-0.3, -0.25) is 4.79 Å². The Balaban J connectivity index is 2.44. The molecule has 0 saturated carbocycles. The van der Waals surface area contributed by atoms with Crippen molar-refractivity contribution in [1.29, 1.82) is 0 Å². The first-order chi connectivity index (χ1) is 6.87. The van der Waals surface area contributed by atoms with Crippen molar-refractivity contribution < 1.29 is 13.2 Å². The van der Waals surface area contributed by atoms with Crippen molar-refractivity contribution in [1.82, 2.24) is 4.98 Å². The number of nitrogens with zero attached hydrogens (tertiary/aromatic N) is 1.